The SMILES string of the molecule is O=P(Cl)(Cl)NCCBr. The van der Waals surface area contributed by atoms with E-state index >= 15 is 0 Å². The molecule has 1 N–H and O–H groups in total. The first-order valence-electron chi connectivity index (χ1n) is 1.87. The van der Waals surface area contributed by atoms with Gasteiger partial charge < -0.3 is 0 Å². The van der Waals surface area contributed by atoms with E-state index in [1.165, 1.54) is 0 Å². The second-order valence-electron chi connectivity index (χ2n) is 1.06. The number of alkyl halides is 1. The van der Waals surface area contributed by atoms with Crippen molar-refractivity contribution in [3.63, 3.8) is 0 Å². The summed E-state index contributed by atoms with van der Waals surface area (Å²) in [6.07, 6.45) is 0. The third-order valence-corrected chi connectivity index (χ3v) is 2.10. The minimum atomic E-state index is -3.02. The van der Waals surface area contributed by atoms with Gasteiger partial charge in [0.1, 0.15) is 0 Å². The average molecular weight is 241 g/mol. The Labute approximate surface area is 66.1 Å². The Bertz CT molecular complexity index is 104. The smallest absolute Gasteiger partial charge is 0.271 e. The van der Waals surface area contributed by atoms with Crippen molar-refractivity contribution in [3.8, 4) is 0 Å². The summed E-state index contributed by atoms with van der Waals surface area (Å²) >= 11 is 13.3. The minimum absolute atomic E-state index is 0.518. The molecule has 0 aliphatic carbocycles. The monoisotopic (exact) mass is 239 g/mol. The summed E-state index contributed by atoms with van der Waals surface area (Å²) < 4.78 is 10.4. The van der Waals surface area contributed by atoms with E-state index in [2.05, 4.69) is 21.0 Å². The number of rotatable bonds is 3. The molecule has 0 atom stereocenters. The molecule has 50 valence electrons. The van der Waals surface area contributed by atoms with Crippen molar-refractivity contribution >= 4 is 44.4 Å². The molecule has 0 saturated heterocycles. The van der Waals surface area contributed by atoms with Crippen LogP contribution in [0.15, 0.2) is 0 Å². The first-order valence-corrected chi connectivity index (χ1v) is 6.50. The lowest BCUT2D eigenvalue weighted by molar-refractivity contribution is 0.586. The Balaban J connectivity index is 3.26. The van der Waals surface area contributed by atoms with Gasteiger partial charge in [-0.15, -0.1) is 0 Å². The van der Waals surface area contributed by atoms with E-state index in [0.717, 1.165) is 0 Å². The number of halogens is 3. The zero-order valence-corrected chi connectivity index (χ0v) is 7.90. The summed E-state index contributed by atoms with van der Waals surface area (Å²) in [5.74, 6) is -3.02. The van der Waals surface area contributed by atoms with Crippen LogP contribution >= 0.6 is 44.4 Å². The van der Waals surface area contributed by atoms with Crippen LogP contribution in [0.1, 0.15) is 0 Å². The third kappa shape index (κ3) is 7.25. The molecule has 0 bridgehead atoms. The summed E-state index contributed by atoms with van der Waals surface area (Å²) in [4.78, 5) is 0. The van der Waals surface area contributed by atoms with Gasteiger partial charge in [-0.05, 0) is 22.5 Å². The Morgan fingerprint density at radius 3 is 2.25 bits per heavy atom. The van der Waals surface area contributed by atoms with Crippen LogP contribution in [0.5, 0.6) is 0 Å². The molecule has 0 rings (SSSR count). The predicted octanol–water partition coefficient (Wildman–Crippen LogP) is 2.56. The van der Waals surface area contributed by atoms with Gasteiger partial charge in [-0.1, -0.05) is 15.9 Å². The van der Waals surface area contributed by atoms with Gasteiger partial charge in [-0.3, -0.25) is 4.57 Å². The van der Waals surface area contributed by atoms with Crippen molar-refractivity contribution in [2.45, 2.75) is 0 Å². The van der Waals surface area contributed by atoms with E-state index in [4.69, 9.17) is 22.5 Å². The predicted molar refractivity (Wildman–Crippen MR) is 41.1 cm³/mol. The van der Waals surface area contributed by atoms with Gasteiger partial charge >= 0.3 is 6.00 Å². The fraction of sp³-hybridized carbons (Fsp3) is 1.00. The van der Waals surface area contributed by atoms with Crippen LogP contribution in [-0.2, 0) is 4.57 Å². The zero-order valence-electron chi connectivity index (χ0n) is 3.90. The van der Waals surface area contributed by atoms with Crippen molar-refractivity contribution < 1.29 is 4.57 Å². The van der Waals surface area contributed by atoms with Crippen molar-refractivity contribution in [1.29, 1.82) is 0 Å². The molecule has 8 heavy (non-hydrogen) atoms. The van der Waals surface area contributed by atoms with E-state index in [-0.39, 0.29) is 0 Å². The normalized spacial score (nSPS) is 11.9. The molecular weight excluding hydrogens is 236 g/mol. The maximum absolute atomic E-state index is 10.4. The molecule has 0 aromatic rings. The highest BCUT2D eigenvalue weighted by Gasteiger charge is 2.09. The molecule has 0 amide bonds. The van der Waals surface area contributed by atoms with E-state index in [9.17, 15) is 4.57 Å². The second kappa shape index (κ2) is 4.13. The molecule has 0 heterocycles. The molecular formula is C2H5BrCl2NOP. The van der Waals surface area contributed by atoms with Crippen molar-refractivity contribution in [1.82, 2.24) is 5.09 Å². The Hall–Kier alpha value is 1.25. The van der Waals surface area contributed by atoms with Gasteiger partial charge in [0.2, 0.25) is 0 Å². The van der Waals surface area contributed by atoms with Gasteiger partial charge in [-0.25, -0.2) is 5.09 Å². The van der Waals surface area contributed by atoms with Crippen LogP contribution < -0.4 is 5.09 Å². The highest BCUT2D eigenvalue weighted by atomic mass is 79.9. The molecule has 0 spiro atoms. The molecule has 0 fully saturated rings. The van der Waals surface area contributed by atoms with Crippen molar-refractivity contribution in [3.05, 3.63) is 0 Å². The van der Waals surface area contributed by atoms with Gasteiger partial charge in [-0.2, -0.15) is 0 Å². The fourth-order valence-corrected chi connectivity index (χ4v) is 1.56. The molecule has 0 aromatic heterocycles. The summed E-state index contributed by atoms with van der Waals surface area (Å²) in [6.45, 7) is 0.518. The zero-order chi connectivity index (χ0) is 6.62. The maximum Gasteiger partial charge on any atom is 0.319 e. The average Bonchev–Trinajstić information content (AvgIpc) is 1.59. The third-order valence-electron chi connectivity index (χ3n) is 0.390. The van der Waals surface area contributed by atoms with E-state index < -0.39 is 6.00 Å². The van der Waals surface area contributed by atoms with Gasteiger partial charge in [0.25, 0.3) is 0 Å². The largest absolute Gasteiger partial charge is 0.319 e. The molecule has 0 saturated carbocycles. The highest BCUT2D eigenvalue weighted by Crippen LogP contribution is 2.51. The summed E-state index contributed by atoms with van der Waals surface area (Å²) in [7, 11) is 0. The Morgan fingerprint density at radius 1 is 1.62 bits per heavy atom. The quantitative estimate of drug-likeness (QED) is 0.607. The highest BCUT2D eigenvalue weighted by molar-refractivity contribution is 9.09. The Morgan fingerprint density at radius 2 is 2.12 bits per heavy atom. The van der Waals surface area contributed by atoms with Crippen LogP contribution in [0.2, 0.25) is 0 Å². The van der Waals surface area contributed by atoms with Gasteiger partial charge in [0.15, 0.2) is 0 Å². The van der Waals surface area contributed by atoms with E-state index in [1.807, 2.05) is 0 Å². The summed E-state index contributed by atoms with van der Waals surface area (Å²) in [6, 6.07) is 0. The van der Waals surface area contributed by atoms with Crippen molar-refractivity contribution in [2.24, 2.45) is 0 Å². The molecule has 0 aliphatic heterocycles. The second-order valence-corrected chi connectivity index (χ2v) is 6.47. The lowest BCUT2D eigenvalue weighted by Crippen LogP contribution is -2.06. The minimum Gasteiger partial charge on any atom is -0.271 e. The number of hydrogen-bond acceptors (Lipinski definition) is 1. The van der Waals surface area contributed by atoms with E-state index in [1.54, 1.807) is 0 Å². The standard InChI is InChI=1S/C2H5BrCl2NOP/c3-1-2-6-8(4,5)7/h1-2H2,(H,6,7). The number of hydrogen-bond donors (Lipinski definition) is 1. The lowest BCUT2D eigenvalue weighted by atomic mass is 10.8. The fourth-order valence-electron chi connectivity index (χ4n) is 0.172. The lowest BCUT2D eigenvalue weighted by Gasteiger charge is -1.99. The topological polar surface area (TPSA) is 29.1 Å². The summed E-state index contributed by atoms with van der Waals surface area (Å²) in [5, 5.41) is 3.10. The van der Waals surface area contributed by atoms with E-state index in [0.29, 0.717) is 11.9 Å². The first-order chi connectivity index (χ1) is 3.56. The molecule has 0 unspecified atom stereocenters. The van der Waals surface area contributed by atoms with Crippen LogP contribution in [0, 0.1) is 0 Å². The van der Waals surface area contributed by atoms with Crippen LogP contribution in [-0.4, -0.2) is 11.9 Å². The van der Waals surface area contributed by atoms with Gasteiger partial charge in [0, 0.05) is 11.9 Å². The first kappa shape index (κ1) is 9.25. The number of nitrogens with one attached hydrogen (secondary N) is 1. The molecule has 0 aromatic carbocycles. The molecule has 0 aliphatic rings. The van der Waals surface area contributed by atoms with Crippen LogP contribution in [0.3, 0.4) is 0 Å². The molecule has 6 heteroatoms. The molecule has 2 nitrogen and oxygen atoms in total. The maximum atomic E-state index is 10.4. The molecule has 0 radical (unpaired) electrons. The summed E-state index contributed by atoms with van der Waals surface area (Å²) in [5.41, 5.74) is 0. The van der Waals surface area contributed by atoms with Crippen LogP contribution in [0.25, 0.3) is 0 Å². The van der Waals surface area contributed by atoms with Gasteiger partial charge in [0.05, 0.1) is 0 Å². The Kier molecular flexibility index (Phi) is 4.77. The van der Waals surface area contributed by atoms with Crippen molar-refractivity contribution in [2.75, 3.05) is 11.9 Å². The van der Waals surface area contributed by atoms with Crippen LogP contribution in [0.4, 0.5) is 0 Å².